The largest absolute Gasteiger partial charge is 0.373 e. The van der Waals surface area contributed by atoms with Crippen LogP contribution in [0.2, 0.25) is 0 Å². The van der Waals surface area contributed by atoms with E-state index >= 15 is 0 Å². The van der Waals surface area contributed by atoms with Crippen molar-refractivity contribution in [3.05, 3.63) is 0 Å². The number of ether oxygens (including phenoxy) is 2. The Morgan fingerprint density at radius 3 is 2.56 bits per heavy atom. The minimum atomic E-state index is 0.207. The summed E-state index contributed by atoms with van der Waals surface area (Å²) in [6.45, 7) is 1.46. The van der Waals surface area contributed by atoms with Crippen LogP contribution >= 0.6 is 0 Å². The maximum absolute atomic E-state index is 5.63. The third kappa shape index (κ3) is 0.764. The molecule has 2 rings (SSSR count). The number of nitrogens with two attached hydrogens (primary N) is 1. The van der Waals surface area contributed by atoms with E-state index < -0.39 is 0 Å². The van der Waals surface area contributed by atoms with Gasteiger partial charge in [0, 0.05) is 6.04 Å². The summed E-state index contributed by atoms with van der Waals surface area (Å²) in [6, 6.07) is 0.232. The molecular weight excluding hydrogens is 118 g/mol. The van der Waals surface area contributed by atoms with E-state index in [4.69, 9.17) is 15.2 Å². The predicted octanol–water partition coefficient (Wildman–Crippen LogP) is -0.499. The Kier molecular flexibility index (Phi) is 1.22. The normalized spacial score (nSPS) is 49.7. The summed E-state index contributed by atoms with van der Waals surface area (Å²) in [5, 5.41) is 0. The average Bonchev–Trinajstić information content (AvgIpc) is 1.86. The summed E-state index contributed by atoms with van der Waals surface area (Å²) in [5.74, 6) is 0. The minimum Gasteiger partial charge on any atom is -0.373 e. The van der Waals surface area contributed by atoms with Crippen molar-refractivity contribution in [2.75, 3.05) is 13.2 Å². The zero-order valence-electron chi connectivity index (χ0n) is 5.25. The van der Waals surface area contributed by atoms with Crippen LogP contribution in [-0.2, 0) is 9.47 Å². The highest BCUT2D eigenvalue weighted by atomic mass is 16.6. The molecule has 1 heterocycles. The molecule has 0 aromatic heterocycles. The van der Waals surface area contributed by atoms with Gasteiger partial charge in [-0.1, -0.05) is 0 Å². The first-order valence-corrected chi connectivity index (χ1v) is 3.37. The molecule has 9 heavy (non-hydrogen) atoms. The molecule has 1 aliphatic carbocycles. The second-order valence-corrected chi connectivity index (χ2v) is 2.64. The van der Waals surface area contributed by atoms with Crippen molar-refractivity contribution in [1.29, 1.82) is 0 Å². The van der Waals surface area contributed by atoms with E-state index in [2.05, 4.69) is 0 Å². The highest BCUT2D eigenvalue weighted by Gasteiger charge is 2.42. The third-order valence-electron chi connectivity index (χ3n) is 2.02. The van der Waals surface area contributed by atoms with E-state index in [1.165, 1.54) is 0 Å². The minimum absolute atomic E-state index is 0.207. The van der Waals surface area contributed by atoms with Gasteiger partial charge in [-0.2, -0.15) is 0 Å². The quantitative estimate of drug-likeness (QED) is 0.479. The zero-order chi connectivity index (χ0) is 6.27. The van der Waals surface area contributed by atoms with Crippen LogP contribution < -0.4 is 5.73 Å². The maximum atomic E-state index is 5.63. The summed E-state index contributed by atoms with van der Waals surface area (Å²) in [7, 11) is 0. The molecule has 0 radical (unpaired) electrons. The van der Waals surface area contributed by atoms with Gasteiger partial charge in [-0.3, -0.25) is 0 Å². The van der Waals surface area contributed by atoms with Crippen molar-refractivity contribution in [3.8, 4) is 0 Å². The molecule has 0 amide bonds. The Balaban J connectivity index is 1.94. The molecule has 2 fully saturated rings. The SMILES string of the molecule is NC1CC2OCCOC12. The lowest BCUT2D eigenvalue weighted by Gasteiger charge is -2.44. The molecule has 0 aromatic rings. The van der Waals surface area contributed by atoms with Gasteiger partial charge in [0.1, 0.15) is 0 Å². The molecule has 3 nitrogen and oxygen atoms in total. The van der Waals surface area contributed by atoms with Crippen LogP contribution in [0.25, 0.3) is 0 Å². The Hall–Kier alpha value is -0.120. The fourth-order valence-electron chi connectivity index (χ4n) is 1.39. The lowest BCUT2D eigenvalue weighted by atomic mass is 9.85. The molecule has 2 aliphatic rings. The lowest BCUT2D eigenvalue weighted by Crippen LogP contribution is -2.60. The van der Waals surface area contributed by atoms with Crippen molar-refractivity contribution in [3.63, 3.8) is 0 Å². The van der Waals surface area contributed by atoms with Crippen LogP contribution in [0.4, 0.5) is 0 Å². The lowest BCUT2D eigenvalue weighted by molar-refractivity contribution is -0.194. The van der Waals surface area contributed by atoms with E-state index in [0.29, 0.717) is 6.10 Å². The molecule has 3 heteroatoms. The fraction of sp³-hybridized carbons (Fsp3) is 1.00. The standard InChI is InChI=1S/C6H11NO2/c7-4-3-5-6(4)9-2-1-8-5/h4-6H,1-3,7H2. The summed E-state index contributed by atoms with van der Waals surface area (Å²) < 4.78 is 10.7. The monoisotopic (exact) mass is 129 g/mol. The Morgan fingerprint density at radius 1 is 1.22 bits per heavy atom. The van der Waals surface area contributed by atoms with Crippen molar-refractivity contribution in [2.45, 2.75) is 24.7 Å². The molecule has 52 valence electrons. The highest BCUT2D eigenvalue weighted by Crippen LogP contribution is 2.27. The third-order valence-corrected chi connectivity index (χ3v) is 2.02. The predicted molar refractivity (Wildman–Crippen MR) is 32.1 cm³/mol. The fourth-order valence-corrected chi connectivity index (χ4v) is 1.39. The van der Waals surface area contributed by atoms with E-state index in [1.54, 1.807) is 0 Å². The molecular formula is C6H11NO2. The molecule has 0 aromatic carbocycles. The Bertz CT molecular complexity index is 116. The Morgan fingerprint density at radius 2 is 2.00 bits per heavy atom. The zero-order valence-corrected chi connectivity index (χ0v) is 5.25. The van der Waals surface area contributed by atoms with E-state index in [0.717, 1.165) is 19.6 Å². The summed E-state index contributed by atoms with van der Waals surface area (Å²) >= 11 is 0. The second kappa shape index (κ2) is 1.94. The van der Waals surface area contributed by atoms with Crippen molar-refractivity contribution in [1.82, 2.24) is 0 Å². The number of fused-ring (bicyclic) bond motifs is 1. The molecule has 2 N–H and O–H groups in total. The summed E-state index contributed by atoms with van der Waals surface area (Å²) in [6.07, 6.45) is 1.50. The molecule has 1 saturated heterocycles. The topological polar surface area (TPSA) is 44.5 Å². The molecule has 0 spiro atoms. The van der Waals surface area contributed by atoms with Gasteiger partial charge in [-0.25, -0.2) is 0 Å². The van der Waals surface area contributed by atoms with Gasteiger partial charge >= 0.3 is 0 Å². The molecule has 3 atom stereocenters. The summed E-state index contributed by atoms with van der Waals surface area (Å²) in [4.78, 5) is 0. The highest BCUT2D eigenvalue weighted by molar-refractivity contribution is 4.96. The first kappa shape index (κ1) is 5.65. The van der Waals surface area contributed by atoms with Crippen LogP contribution in [0.15, 0.2) is 0 Å². The van der Waals surface area contributed by atoms with E-state index in [9.17, 15) is 0 Å². The van der Waals surface area contributed by atoms with Crippen LogP contribution in [0.5, 0.6) is 0 Å². The van der Waals surface area contributed by atoms with Gasteiger partial charge in [0.2, 0.25) is 0 Å². The van der Waals surface area contributed by atoms with Gasteiger partial charge in [0.25, 0.3) is 0 Å². The first-order chi connectivity index (χ1) is 4.38. The van der Waals surface area contributed by atoms with Gasteiger partial charge in [-0.05, 0) is 6.42 Å². The van der Waals surface area contributed by atoms with Crippen LogP contribution in [0.3, 0.4) is 0 Å². The molecule has 0 bridgehead atoms. The van der Waals surface area contributed by atoms with Gasteiger partial charge < -0.3 is 15.2 Å². The maximum Gasteiger partial charge on any atom is 0.0989 e. The van der Waals surface area contributed by atoms with Gasteiger partial charge in [0.15, 0.2) is 0 Å². The smallest absolute Gasteiger partial charge is 0.0989 e. The number of rotatable bonds is 0. The molecule has 3 unspecified atom stereocenters. The number of hydrogen-bond acceptors (Lipinski definition) is 3. The van der Waals surface area contributed by atoms with Crippen LogP contribution in [-0.4, -0.2) is 31.5 Å². The van der Waals surface area contributed by atoms with E-state index in [1.807, 2.05) is 0 Å². The second-order valence-electron chi connectivity index (χ2n) is 2.64. The van der Waals surface area contributed by atoms with Crippen molar-refractivity contribution in [2.24, 2.45) is 5.73 Å². The average molecular weight is 129 g/mol. The van der Waals surface area contributed by atoms with Gasteiger partial charge in [-0.15, -0.1) is 0 Å². The molecule has 1 aliphatic heterocycles. The van der Waals surface area contributed by atoms with Crippen molar-refractivity contribution < 1.29 is 9.47 Å². The summed E-state index contributed by atoms with van der Waals surface area (Å²) in [5.41, 5.74) is 5.63. The molecule has 1 saturated carbocycles. The van der Waals surface area contributed by atoms with Crippen LogP contribution in [0.1, 0.15) is 6.42 Å². The Labute approximate surface area is 54.1 Å². The first-order valence-electron chi connectivity index (χ1n) is 3.37. The van der Waals surface area contributed by atoms with Gasteiger partial charge in [0.05, 0.1) is 25.4 Å². The number of hydrogen-bond donors (Lipinski definition) is 1. The van der Waals surface area contributed by atoms with Crippen molar-refractivity contribution >= 4 is 0 Å². The van der Waals surface area contributed by atoms with E-state index in [-0.39, 0.29) is 12.1 Å². The van der Waals surface area contributed by atoms with Crippen LogP contribution in [0, 0.1) is 0 Å².